The van der Waals surface area contributed by atoms with Gasteiger partial charge in [-0.3, -0.25) is 0 Å². The fraction of sp³-hybridized carbons (Fsp3) is 0.214. The molecular weight excluding hydrogens is 244 g/mol. The van der Waals surface area contributed by atoms with Crippen LogP contribution in [0, 0.1) is 11.3 Å². The third-order valence-corrected chi connectivity index (χ3v) is 3.36. The molecule has 0 unspecified atom stereocenters. The molecule has 0 aliphatic carbocycles. The molecular formula is C14H14N2OS. The molecule has 2 aromatic rings. The minimum atomic E-state index is 0.569. The SMILES string of the molecule is COc1cc(CNCc2ccsc2)ccc1C#N. The Hall–Kier alpha value is -1.83. The number of methoxy groups -OCH3 is 1. The Balaban J connectivity index is 1.95. The Morgan fingerprint density at radius 1 is 1.28 bits per heavy atom. The lowest BCUT2D eigenvalue weighted by atomic mass is 10.1. The van der Waals surface area contributed by atoms with Gasteiger partial charge in [-0.25, -0.2) is 0 Å². The van der Waals surface area contributed by atoms with Crippen molar-refractivity contribution < 1.29 is 4.74 Å². The molecule has 0 atom stereocenters. The van der Waals surface area contributed by atoms with Crippen molar-refractivity contribution in [3.8, 4) is 11.8 Å². The number of ether oxygens (including phenoxy) is 1. The number of benzene rings is 1. The van der Waals surface area contributed by atoms with Gasteiger partial charge in [0.05, 0.1) is 12.7 Å². The van der Waals surface area contributed by atoms with Crippen LogP contribution < -0.4 is 10.1 Å². The van der Waals surface area contributed by atoms with Gasteiger partial charge in [0.15, 0.2) is 0 Å². The molecule has 0 saturated carbocycles. The van der Waals surface area contributed by atoms with E-state index < -0.39 is 0 Å². The minimum absolute atomic E-state index is 0.569. The fourth-order valence-electron chi connectivity index (χ4n) is 1.68. The van der Waals surface area contributed by atoms with Crippen molar-refractivity contribution in [3.05, 3.63) is 51.7 Å². The minimum Gasteiger partial charge on any atom is -0.495 e. The maximum atomic E-state index is 8.90. The zero-order valence-corrected chi connectivity index (χ0v) is 11.0. The van der Waals surface area contributed by atoms with Crippen LogP contribution in [0.1, 0.15) is 16.7 Å². The second-order valence-electron chi connectivity index (χ2n) is 3.88. The third kappa shape index (κ3) is 3.10. The molecule has 92 valence electrons. The summed E-state index contributed by atoms with van der Waals surface area (Å²) in [4.78, 5) is 0. The lowest BCUT2D eigenvalue weighted by Crippen LogP contribution is -2.12. The van der Waals surface area contributed by atoms with E-state index in [1.807, 2.05) is 12.1 Å². The average Bonchev–Trinajstić information content (AvgIpc) is 2.91. The van der Waals surface area contributed by atoms with Crippen molar-refractivity contribution in [3.63, 3.8) is 0 Å². The Labute approximate surface area is 111 Å². The summed E-state index contributed by atoms with van der Waals surface area (Å²) >= 11 is 1.70. The van der Waals surface area contributed by atoms with E-state index in [4.69, 9.17) is 10.00 Å². The summed E-state index contributed by atoms with van der Waals surface area (Å²) < 4.78 is 5.18. The van der Waals surface area contributed by atoms with Gasteiger partial charge >= 0.3 is 0 Å². The van der Waals surface area contributed by atoms with Crippen molar-refractivity contribution in [2.45, 2.75) is 13.1 Å². The smallest absolute Gasteiger partial charge is 0.136 e. The van der Waals surface area contributed by atoms with E-state index in [-0.39, 0.29) is 0 Å². The van der Waals surface area contributed by atoms with Gasteiger partial charge in [-0.1, -0.05) is 6.07 Å². The molecule has 1 aromatic heterocycles. The molecule has 1 aromatic carbocycles. The molecule has 2 rings (SSSR count). The van der Waals surface area contributed by atoms with E-state index in [0.29, 0.717) is 11.3 Å². The van der Waals surface area contributed by atoms with E-state index in [2.05, 4.69) is 28.2 Å². The number of rotatable bonds is 5. The molecule has 0 aliphatic heterocycles. The van der Waals surface area contributed by atoms with Crippen LogP contribution >= 0.6 is 11.3 Å². The number of hydrogen-bond acceptors (Lipinski definition) is 4. The lowest BCUT2D eigenvalue weighted by Gasteiger charge is -2.07. The highest BCUT2D eigenvalue weighted by Gasteiger charge is 2.03. The first kappa shape index (κ1) is 12.6. The maximum Gasteiger partial charge on any atom is 0.136 e. The topological polar surface area (TPSA) is 45.0 Å². The van der Waals surface area contributed by atoms with E-state index in [9.17, 15) is 0 Å². The number of nitriles is 1. The van der Waals surface area contributed by atoms with Crippen molar-refractivity contribution in [2.24, 2.45) is 0 Å². The molecule has 18 heavy (non-hydrogen) atoms. The molecule has 0 saturated heterocycles. The highest BCUT2D eigenvalue weighted by Crippen LogP contribution is 2.19. The highest BCUT2D eigenvalue weighted by molar-refractivity contribution is 7.07. The lowest BCUT2D eigenvalue weighted by molar-refractivity contribution is 0.412. The van der Waals surface area contributed by atoms with Crippen molar-refractivity contribution in [2.75, 3.05) is 7.11 Å². The molecule has 1 N–H and O–H groups in total. The van der Waals surface area contributed by atoms with Gasteiger partial charge in [-0.2, -0.15) is 16.6 Å². The quantitative estimate of drug-likeness (QED) is 0.897. The summed E-state index contributed by atoms with van der Waals surface area (Å²) in [5, 5.41) is 16.5. The average molecular weight is 258 g/mol. The van der Waals surface area contributed by atoms with Crippen LogP contribution in [0.15, 0.2) is 35.0 Å². The summed E-state index contributed by atoms with van der Waals surface area (Å²) in [6, 6.07) is 9.86. The van der Waals surface area contributed by atoms with Crippen molar-refractivity contribution >= 4 is 11.3 Å². The molecule has 4 heteroatoms. The zero-order valence-electron chi connectivity index (χ0n) is 10.1. The van der Waals surface area contributed by atoms with Crippen LogP contribution in [-0.2, 0) is 13.1 Å². The summed E-state index contributed by atoms with van der Waals surface area (Å²) in [6.07, 6.45) is 0. The van der Waals surface area contributed by atoms with Crippen LogP contribution in [0.25, 0.3) is 0 Å². The Morgan fingerprint density at radius 3 is 2.78 bits per heavy atom. The van der Waals surface area contributed by atoms with Gasteiger partial charge in [0.1, 0.15) is 11.8 Å². The van der Waals surface area contributed by atoms with Crippen LogP contribution in [0.3, 0.4) is 0 Å². The standard InChI is InChI=1S/C14H14N2OS/c1-17-14-6-11(2-3-13(14)7-15)8-16-9-12-4-5-18-10-12/h2-6,10,16H,8-9H2,1H3. The van der Waals surface area contributed by atoms with Crippen LogP contribution in [-0.4, -0.2) is 7.11 Å². The molecule has 0 amide bonds. The van der Waals surface area contributed by atoms with Crippen LogP contribution in [0.4, 0.5) is 0 Å². The number of nitrogens with zero attached hydrogens (tertiary/aromatic N) is 1. The van der Waals surface area contributed by atoms with Gasteiger partial charge in [0.2, 0.25) is 0 Å². The van der Waals surface area contributed by atoms with Gasteiger partial charge in [0.25, 0.3) is 0 Å². The molecule has 0 aliphatic rings. The second kappa shape index (κ2) is 6.20. The Morgan fingerprint density at radius 2 is 2.11 bits per heavy atom. The van der Waals surface area contributed by atoms with Crippen molar-refractivity contribution in [1.82, 2.24) is 5.32 Å². The highest BCUT2D eigenvalue weighted by atomic mass is 32.1. The first-order chi connectivity index (χ1) is 8.83. The summed E-state index contributed by atoms with van der Waals surface area (Å²) in [5.74, 6) is 0.632. The van der Waals surface area contributed by atoms with E-state index in [1.165, 1.54) is 5.56 Å². The maximum absolute atomic E-state index is 8.90. The number of hydrogen-bond donors (Lipinski definition) is 1. The Bertz CT molecular complexity index is 543. The first-order valence-corrected chi connectivity index (χ1v) is 6.56. The largest absolute Gasteiger partial charge is 0.495 e. The van der Waals surface area contributed by atoms with Crippen molar-refractivity contribution in [1.29, 1.82) is 5.26 Å². The third-order valence-electron chi connectivity index (χ3n) is 2.62. The monoisotopic (exact) mass is 258 g/mol. The molecule has 0 fully saturated rings. The first-order valence-electron chi connectivity index (χ1n) is 5.62. The van der Waals surface area contributed by atoms with E-state index in [1.54, 1.807) is 24.5 Å². The van der Waals surface area contributed by atoms with Gasteiger partial charge in [0, 0.05) is 13.1 Å². The Kier molecular flexibility index (Phi) is 4.35. The van der Waals surface area contributed by atoms with Gasteiger partial charge in [-0.05, 0) is 40.1 Å². The zero-order chi connectivity index (χ0) is 12.8. The normalized spacial score (nSPS) is 10.0. The van der Waals surface area contributed by atoms with Gasteiger partial charge in [-0.15, -0.1) is 0 Å². The predicted octanol–water partition coefficient (Wildman–Crippen LogP) is 2.92. The molecule has 0 bridgehead atoms. The van der Waals surface area contributed by atoms with Crippen LogP contribution in [0.5, 0.6) is 5.75 Å². The summed E-state index contributed by atoms with van der Waals surface area (Å²) in [7, 11) is 1.58. The second-order valence-corrected chi connectivity index (χ2v) is 4.66. The summed E-state index contributed by atoms with van der Waals surface area (Å²) in [6.45, 7) is 1.61. The molecule has 3 nitrogen and oxygen atoms in total. The molecule has 0 radical (unpaired) electrons. The number of nitrogens with one attached hydrogen (secondary N) is 1. The van der Waals surface area contributed by atoms with E-state index in [0.717, 1.165) is 18.7 Å². The predicted molar refractivity (Wildman–Crippen MR) is 72.6 cm³/mol. The molecule has 0 spiro atoms. The molecule has 1 heterocycles. The number of thiophene rings is 1. The fourth-order valence-corrected chi connectivity index (χ4v) is 2.35. The van der Waals surface area contributed by atoms with E-state index >= 15 is 0 Å². The summed E-state index contributed by atoms with van der Waals surface area (Å²) in [5.41, 5.74) is 2.97. The van der Waals surface area contributed by atoms with Gasteiger partial charge < -0.3 is 10.1 Å². The van der Waals surface area contributed by atoms with Crippen LogP contribution in [0.2, 0.25) is 0 Å².